The van der Waals surface area contributed by atoms with Crippen molar-refractivity contribution < 1.29 is 28.5 Å². The van der Waals surface area contributed by atoms with E-state index >= 15 is 0 Å². The topological polar surface area (TPSA) is 74.3 Å². The lowest BCUT2D eigenvalue weighted by molar-refractivity contribution is -0.147. The SMILES string of the molecule is COC(=O)[C@@H]1Cc2ccc(OCC3CCOCC3)cc2CN1C(=O)OC(C)(C)C. The van der Waals surface area contributed by atoms with E-state index in [1.807, 2.05) is 18.2 Å². The van der Waals surface area contributed by atoms with Gasteiger partial charge in [-0.2, -0.15) is 0 Å². The lowest BCUT2D eigenvalue weighted by Crippen LogP contribution is -2.50. The Labute approximate surface area is 172 Å². The van der Waals surface area contributed by atoms with Gasteiger partial charge >= 0.3 is 12.1 Å². The summed E-state index contributed by atoms with van der Waals surface area (Å²) in [5.74, 6) is 0.832. The molecule has 7 heteroatoms. The van der Waals surface area contributed by atoms with Gasteiger partial charge in [-0.1, -0.05) is 6.07 Å². The first-order valence-electron chi connectivity index (χ1n) is 10.2. The third-order valence-electron chi connectivity index (χ3n) is 5.24. The van der Waals surface area contributed by atoms with Gasteiger partial charge in [-0.05, 0) is 62.8 Å². The van der Waals surface area contributed by atoms with E-state index in [4.69, 9.17) is 18.9 Å². The summed E-state index contributed by atoms with van der Waals surface area (Å²) in [6.45, 7) is 7.92. The van der Waals surface area contributed by atoms with Gasteiger partial charge in [0.1, 0.15) is 17.4 Å². The fourth-order valence-corrected chi connectivity index (χ4v) is 3.64. The number of amides is 1. The Morgan fingerprint density at radius 1 is 1.17 bits per heavy atom. The molecule has 0 unspecified atom stereocenters. The molecule has 7 nitrogen and oxygen atoms in total. The number of carbonyl (C=O) groups excluding carboxylic acids is 2. The zero-order chi connectivity index (χ0) is 21.0. The van der Waals surface area contributed by atoms with Crippen LogP contribution in [0.15, 0.2) is 18.2 Å². The molecule has 0 N–H and O–H groups in total. The Balaban J connectivity index is 1.74. The van der Waals surface area contributed by atoms with Crippen LogP contribution in [0.2, 0.25) is 0 Å². The second kappa shape index (κ2) is 9.03. The predicted octanol–water partition coefficient (Wildman–Crippen LogP) is 3.33. The normalized spacial score (nSPS) is 20.0. The molecule has 0 spiro atoms. The lowest BCUT2D eigenvalue weighted by Gasteiger charge is -2.36. The van der Waals surface area contributed by atoms with Gasteiger partial charge in [0.05, 0.1) is 20.3 Å². The first kappa shape index (κ1) is 21.4. The minimum atomic E-state index is -0.698. The quantitative estimate of drug-likeness (QED) is 0.716. The zero-order valence-electron chi connectivity index (χ0n) is 17.7. The van der Waals surface area contributed by atoms with Crippen LogP contribution in [0.3, 0.4) is 0 Å². The van der Waals surface area contributed by atoms with Crippen molar-refractivity contribution in [3.8, 4) is 5.75 Å². The minimum Gasteiger partial charge on any atom is -0.493 e. The van der Waals surface area contributed by atoms with E-state index < -0.39 is 23.7 Å². The molecule has 0 aliphatic carbocycles. The molecule has 0 aromatic heterocycles. The van der Waals surface area contributed by atoms with Crippen molar-refractivity contribution in [3.63, 3.8) is 0 Å². The molecule has 1 aromatic carbocycles. The number of carbonyl (C=O) groups is 2. The smallest absolute Gasteiger partial charge is 0.411 e. The van der Waals surface area contributed by atoms with Crippen LogP contribution in [0.4, 0.5) is 4.79 Å². The summed E-state index contributed by atoms with van der Waals surface area (Å²) in [6.07, 6.45) is 1.89. The van der Waals surface area contributed by atoms with Gasteiger partial charge in [0, 0.05) is 19.6 Å². The highest BCUT2D eigenvalue weighted by Crippen LogP contribution is 2.29. The fourth-order valence-electron chi connectivity index (χ4n) is 3.64. The van der Waals surface area contributed by atoms with Crippen LogP contribution < -0.4 is 4.74 Å². The Hall–Kier alpha value is -2.28. The maximum absolute atomic E-state index is 12.7. The maximum atomic E-state index is 12.7. The number of fused-ring (bicyclic) bond motifs is 1. The molecule has 1 fully saturated rings. The highest BCUT2D eigenvalue weighted by atomic mass is 16.6. The Morgan fingerprint density at radius 2 is 1.90 bits per heavy atom. The first-order chi connectivity index (χ1) is 13.8. The molecule has 1 amide bonds. The Kier molecular flexibility index (Phi) is 6.67. The van der Waals surface area contributed by atoms with E-state index in [9.17, 15) is 9.59 Å². The Morgan fingerprint density at radius 3 is 2.55 bits per heavy atom. The van der Waals surface area contributed by atoms with Crippen molar-refractivity contribution in [2.75, 3.05) is 26.9 Å². The van der Waals surface area contributed by atoms with Crippen LogP contribution in [-0.4, -0.2) is 55.5 Å². The molecule has 2 aliphatic heterocycles. The molecule has 0 radical (unpaired) electrons. The van der Waals surface area contributed by atoms with E-state index in [0.717, 1.165) is 42.9 Å². The molecule has 29 heavy (non-hydrogen) atoms. The van der Waals surface area contributed by atoms with Crippen molar-refractivity contribution in [1.82, 2.24) is 4.90 Å². The largest absolute Gasteiger partial charge is 0.493 e. The van der Waals surface area contributed by atoms with Crippen LogP contribution in [0, 0.1) is 5.92 Å². The number of esters is 1. The molecule has 0 bridgehead atoms. The van der Waals surface area contributed by atoms with Crippen molar-refractivity contribution in [3.05, 3.63) is 29.3 Å². The summed E-state index contributed by atoms with van der Waals surface area (Å²) in [4.78, 5) is 26.5. The maximum Gasteiger partial charge on any atom is 0.411 e. The number of nitrogens with zero attached hydrogens (tertiary/aromatic N) is 1. The van der Waals surface area contributed by atoms with Crippen molar-refractivity contribution in [1.29, 1.82) is 0 Å². The van der Waals surface area contributed by atoms with E-state index in [-0.39, 0.29) is 6.54 Å². The summed E-state index contributed by atoms with van der Waals surface area (Å²) in [5.41, 5.74) is 1.33. The number of methoxy groups -OCH3 is 1. The van der Waals surface area contributed by atoms with Gasteiger partial charge in [-0.15, -0.1) is 0 Å². The van der Waals surface area contributed by atoms with Crippen LogP contribution in [0.1, 0.15) is 44.7 Å². The molecule has 3 rings (SSSR count). The standard InChI is InChI=1S/C22H31NO6/c1-22(2,3)29-21(25)23-13-17-11-18(28-14-15-7-9-27-10-8-15)6-5-16(17)12-19(23)20(24)26-4/h5-6,11,15,19H,7-10,12-14H2,1-4H3/t19-/m0/s1. The van der Waals surface area contributed by atoms with Gasteiger partial charge in [0.2, 0.25) is 0 Å². The molecule has 160 valence electrons. The number of rotatable bonds is 4. The van der Waals surface area contributed by atoms with E-state index in [1.165, 1.54) is 12.0 Å². The van der Waals surface area contributed by atoms with Gasteiger partial charge in [-0.25, -0.2) is 9.59 Å². The summed E-state index contributed by atoms with van der Waals surface area (Å²) < 4.78 is 21.8. The van der Waals surface area contributed by atoms with E-state index in [2.05, 4.69) is 0 Å². The average Bonchev–Trinajstić information content (AvgIpc) is 2.70. The van der Waals surface area contributed by atoms with E-state index in [1.54, 1.807) is 20.8 Å². The summed E-state index contributed by atoms with van der Waals surface area (Å²) in [7, 11) is 1.33. The van der Waals surface area contributed by atoms with Gasteiger partial charge in [-0.3, -0.25) is 4.90 Å². The predicted molar refractivity (Wildman–Crippen MR) is 107 cm³/mol. The summed E-state index contributed by atoms with van der Waals surface area (Å²) >= 11 is 0. The van der Waals surface area contributed by atoms with Crippen LogP contribution in [0.5, 0.6) is 5.75 Å². The highest BCUT2D eigenvalue weighted by Gasteiger charge is 2.37. The van der Waals surface area contributed by atoms with Crippen LogP contribution in [-0.2, 0) is 32.0 Å². The summed E-state index contributed by atoms with van der Waals surface area (Å²) in [5, 5.41) is 0. The van der Waals surface area contributed by atoms with Gasteiger partial charge < -0.3 is 18.9 Å². The van der Waals surface area contributed by atoms with E-state index in [0.29, 0.717) is 18.9 Å². The van der Waals surface area contributed by atoms with Crippen molar-refractivity contribution >= 4 is 12.1 Å². The number of hydrogen-bond acceptors (Lipinski definition) is 6. The number of ether oxygens (including phenoxy) is 4. The third-order valence-corrected chi connectivity index (χ3v) is 5.24. The molecule has 2 heterocycles. The minimum absolute atomic E-state index is 0.276. The molecular weight excluding hydrogens is 374 g/mol. The van der Waals surface area contributed by atoms with Crippen LogP contribution in [0.25, 0.3) is 0 Å². The molecule has 1 atom stereocenters. The average molecular weight is 405 g/mol. The fraction of sp³-hybridized carbons (Fsp3) is 0.636. The van der Waals surface area contributed by atoms with Crippen molar-refractivity contribution in [2.24, 2.45) is 5.92 Å². The number of benzene rings is 1. The lowest BCUT2D eigenvalue weighted by atomic mass is 9.94. The summed E-state index contributed by atoms with van der Waals surface area (Å²) in [6, 6.07) is 5.16. The van der Waals surface area contributed by atoms with Crippen LogP contribution >= 0.6 is 0 Å². The second-order valence-electron chi connectivity index (χ2n) is 8.65. The molecule has 1 aromatic rings. The van der Waals surface area contributed by atoms with Gasteiger partial charge in [0.15, 0.2) is 0 Å². The molecule has 1 saturated heterocycles. The first-order valence-corrected chi connectivity index (χ1v) is 10.2. The van der Waals surface area contributed by atoms with Gasteiger partial charge in [0.25, 0.3) is 0 Å². The monoisotopic (exact) mass is 405 g/mol. The Bertz CT molecular complexity index is 735. The number of hydrogen-bond donors (Lipinski definition) is 0. The molecule has 2 aliphatic rings. The highest BCUT2D eigenvalue weighted by molar-refractivity contribution is 5.82. The third kappa shape index (κ3) is 5.63. The molecule has 0 saturated carbocycles. The molecular formula is C22H31NO6. The zero-order valence-corrected chi connectivity index (χ0v) is 17.7. The van der Waals surface area contributed by atoms with Crippen molar-refractivity contribution in [2.45, 2.75) is 58.2 Å². The second-order valence-corrected chi connectivity index (χ2v) is 8.65.